The van der Waals surface area contributed by atoms with Gasteiger partial charge < -0.3 is 15.4 Å². The summed E-state index contributed by atoms with van der Waals surface area (Å²) >= 11 is 0. The summed E-state index contributed by atoms with van der Waals surface area (Å²) in [6.45, 7) is 0.730. The summed E-state index contributed by atoms with van der Waals surface area (Å²) in [6.07, 6.45) is 3.91. The van der Waals surface area contributed by atoms with Crippen LogP contribution in [-0.2, 0) is 14.8 Å². The molecule has 36 heavy (non-hydrogen) atoms. The molecular formula is C27H29N3O5S. The van der Waals surface area contributed by atoms with Crippen molar-refractivity contribution in [2.45, 2.75) is 36.6 Å². The Kier molecular flexibility index (Phi) is 8.35. The summed E-state index contributed by atoms with van der Waals surface area (Å²) in [5.41, 5.74) is 0.553. The van der Waals surface area contributed by atoms with Crippen molar-refractivity contribution in [2.24, 2.45) is 0 Å². The molecule has 3 N–H and O–H groups in total. The Bertz CT molecular complexity index is 1290. The molecule has 9 heteroatoms. The number of carbonyl (C=O) groups excluding carboxylic acids is 2. The molecule has 3 aromatic rings. The zero-order valence-electron chi connectivity index (χ0n) is 19.8. The molecule has 0 radical (unpaired) electrons. The van der Waals surface area contributed by atoms with E-state index in [9.17, 15) is 18.0 Å². The Morgan fingerprint density at radius 1 is 0.889 bits per heavy atom. The van der Waals surface area contributed by atoms with Gasteiger partial charge in [0.25, 0.3) is 15.9 Å². The van der Waals surface area contributed by atoms with Gasteiger partial charge in [0.1, 0.15) is 5.75 Å². The van der Waals surface area contributed by atoms with Gasteiger partial charge in [0.05, 0.1) is 23.2 Å². The highest BCUT2D eigenvalue weighted by molar-refractivity contribution is 7.92. The highest BCUT2D eigenvalue weighted by atomic mass is 32.2. The fourth-order valence-corrected chi connectivity index (χ4v) is 5.01. The van der Waals surface area contributed by atoms with Gasteiger partial charge in [-0.25, -0.2) is 8.42 Å². The first-order valence-corrected chi connectivity index (χ1v) is 13.4. The first kappa shape index (κ1) is 25.4. The topological polar surface area (TPSA) is 114 Å². The second kappa shape index (κ2) is 11.8. The molecule has 3 aromatic carbocycles. The molecule has 1 unspecified atom stereocenters. The number of rotatable bonds is 9. The van der Waals surface area contributed by atoms with E-state index in [1.807, 2.05) is 18.2 Å². The third-order valence-corrected chi connectivity index (χ3v) is 7.28. The van der Waals surface area contributed by atoms with Crippen LogP contribution in [0.1, 0.15) is 36.0 Å². The molecule has 8 nitrogen and oxygen atoms in total. The molecule has 4 rings (SSSR count). The summed E-state index contributed by atoms with van der Waals surface area (Å²) in [6, 6.07) is 21.1. The van der Waals surface area contributed by atoms with E-state index >= 15 is 0 Å². The van der Waals surface area contributed by atoms with E-state index < -0.39 is 15.9 Å². The van der Waals surface area contributed by atoms with Gasteiger partial charge >= 0.3 is 0 Å². The van der Waals surface area contributed by atoms with Crippen LogP contribution < -0.4 is 20.1 Å². The van der Waals surface area contributed by atoms with Crippen LogP contribution in [0.5, 0.6) is 11.5 Å². The van der Waals surface area contributed by atoms with E-state index in [2.05, 4.69) is 15.4 Å². The third-order valence-electron chi connectivity index (χ3n) is 5.90. The minimum absolute atomic E-state index is 0.00713. The van der Waals surface area contributed by atoms with Gasteiger partial charge in [-0.15, -0.1) is 0 Å². The van der Waals surface area contributed by atoms with E-state index in [-0.39, 0.29) is 34.5 Å². The summed E-state index contributed by atoms with van der Waals surface area (Å²) in [4.78, 5) is 24.9. The van der Waals surface area contributed by atoms with E-state index in [1.165, 1.54) is 24.3 Å². The number of carbonyl (C=O) groups is 2. The Morgan fingerprint density at radius 3 is 2.39 bits per heavy atom. The number of Topliss-reactive ketones (excluding diaryl/α,β-unsaturated/α-hetero) is 1. The van der Waals surface area contributed by atoms with E-state index in [0.29, 0.717) is 11.5 Å². The fourth-order valence-electron chi connectivity index (χ4n) is 3.94. The summed E-state index contributed by atoms with van der Waals surface area (Å²) in [7, 11) is -3.94. The van der Waals surface area contributed by atoms with E-state index in [4.69, 9.17) is 4.74 Å². The smallest absolute Gasteiger partial charge is 0.262 e. The average molecular weight is 508 g/mol. The minimum atomic E-state index is -3.94. The van der Waals surface area contributed by atoms with Crippen LogP contribution >= 0.6 is 0 Å². The number of nitrogens with one attached hydrogen (secondary N) is 3. The molecule has 1 fully saturated rings. The summed E-state index contributed by atoms with van der Waals surface area (Å²) in [5, 5.41) is 5.86. The number of hydrogen-bond donors (Lipinski definition) is 3. The molecule has 0 aliphatic carbocycles. The Hall–Kier alpha value is -3.69. The van der Waals surface area contributed by atoms with Gasteiger partial charge in [0.2, 0.25) is 0 Å². The van der Waals surface area contributed by atoms with Gasteiger partial charge in [0, 0.05) is 5.56 Å². The zero-order valence-corrected chi connectivity index (χ0v) is 20.6. The molecule has 1 saturated heterocycles. The number of ketones is 1. The number of anilines is 1. The summed E-state index contributed by atoms with van der Waals surface area (Å²) in [5.74, 6) is 0.449. The predicted molar refractivity (Wildman–Crippen MR) is 138 cm³/mol. The molecule has 0 bridgehead atoms. The highest BCUT2D eigenvalue weighted by Gasteiger charge is 2.21. The number of sulfonamides is 1. The molecule has 1 heterocycles. The molecule has 0 aromatic heterocycles. The van der Waals surface area contributed by atoms with Crippen molar-refractivity contribution in [3.63, 3.8) is 0 Å². The van der Waals surface area contributed by atoms with Gasteiger partial charge in [-0.2, -0.15) is 0 Å². The molecule has 1 aliphatic heterocycles. The van der Waals surface area contributed by atoms with Gasteiger partial charge in [-0.05, 0) is 67.9 Å². The quantitative estimate of drug-likeness (QED) is 0.402. The maximum atomic E-state index is 13.0. The second-order valence-electron chi connectivity index (χ2n) is 8.55. The first-order chi connectivity index (χ1) is 17.4. The van der Waals surface area contributed by atoms with Crippen LogP contribution in [-0.4, -0.2) is 39.2 Å². The molecule has 1 amide bonds. The number of benzene rings is 3. The lowest BCUT2D eigenvalue weighted by Gasteiger charge is -2.15. The van der Waals surface area contributed by atoms with Crippen molar-refractivity contribution >= 4 is 27.4 Å². The largest absolute Gasteiger partial charge is 0.455 e. The monoisotopic (exact) mass is 507 g/mol. The Balaban J connectivity index is 1.38. The van der Waals surface area contributed by atoms with Crippen molar-refractivity contribution < 1.29 is 22.7 Å². The SMILES string of the molecule is O=C(NCC(=O)C1CCCCCN1)c1ccc(S(=O)(=O)Nc2ccccc2Oc2ccccc2)cc1. The molecule has 0 spiro atoms. The first-order valence-electron chi connectivity index (χ1n) is 11.9. The maximum absolute atomic E-state index is 13.0. The van der Waals surface area contributed by atoms with Crippen molar-refractivity contribution in [2.75, 3.05) is 17.8 Å². The van der Waals surface area contributed by atoms with Crippen LogP contribution in [0.4, 0.5) is 5.69 Å². The predicted octanol–water partition coefficient (Wildman–Crippen LogP) is 4.11. The van der Waals surface area contributed by atoms with Crippen LogP contribution in [0.2, 0.25) is 0 Å². The lowest BCUT2D eigenvalue weighted by atomic mass is 10.1. The normalized spacial score (nSPS) is 15.9. The van der Waals surface area contributed by atoms with Crippen LogP contribution in [0.3, 0.4) is 0 Å². The molecule has 0 saturated carbocycles. The van der Waals surface area contributed by atoms with Gasteiger partial charge in [-0.3, -0.25) is 14.3 Å². The fraction of sp³-hybridized carbons (Fsp3) is 0.259. The van der Waals surface area contributed by atoms with Crippen molar-refractivity contribution in [3.8, 4) is 11.5 Å². The van der Waals surface area contributed by atoms with Crippen LogP contribution in [0.25, 0.3) is 0 Å². The van der Waals surface area contributed by atoms with E-state index in [1.54, 1.807) is 36.4 Å². The lowest BCUT2D eigenvalue weighted by Crippen LogP contribution is -2.42. The van der Waals surface area contributed by atoms with Crippen LogP contribution in [0, 0.1) is 0 Å². The summed E-state index contributed by atoms with van der Waals surface area (Å²) < 4.78 is 34.3. The van der Waals surface area contributed by atoms with Crippen molar-refractivity contribution in [3.05, 3.63) is 84.4 Å². The Labute approximate surface area is 211 Å². The Morgan fingerprint density at radius 2 is 1.61 bits per heavy atom. The number of ether oxygens (including phenoxy) is 1. The highest BCUT2D eigenvalue weighted by Crippen LogP contribution is 2.30. The van der Waals surface area contributed by atoms with Crippen molar-refractivity contribution in [1.82, 2.24) is 10.6 Å². The van der Waals surface area contributed by atoms with Crippen molar-refractivity contribution in [1.29, 1.82) is 0 Å². The minimum Gasteiger partial charge on any atom is -0.455 e. The number of hydrogen-bond acceptors (Lipinski definition) is 6. The van der Waals surface area contributed by atoms with E-state index in [0.717, 1.165) is 32.2 Å². The lowest BCUT2D eigenvalue weighted by molar-refractivity contribution is -0.120. The van der Waals surface area contributed by atoms with Crippen LogP contribution in [0.15, 0.2) is 83.8 Å². The molecule has 1 atom stereocenters. The standard InChI is InChI=1S/C27H29N3O5S/c31-25(23-11-5-2-8-18-28-23)19-29-27(32)20-14-16-22(17-15-20)36(33,34)30-24-12-6-7-13-26(24)35-21-9-3-1-4-10-21/h1,3-4,6-7,9-10,12-17,23,28,30H,2,5,8,11,18-19H2,(H,29,32). The second-order valence-corrected chi connectivity index (χ2v) is 10.2. The number of amides is 1. The molecular weight excluding hydrogens is 478 g/mol. The van der Waals surface area contributed by atoms with Gasteiger partial charge in [0.15, 0.2) is 11.5 Å². The third kappa shape index (κ3) is 6.71. The molecule has 1 aliphatic rings. The number of para-hydroxylation sites is 3. The maximum Gasteiger partial charge on any atom is 0.262 e. The average Bonchev–Trinajstić information content (AvgIpc) is 3.19. The molecule has 188 valence electrons. The zero-order chi connectivity index (χ0) is 25.4. The van der Waals surface area contributed by atoms with Gasteiger partial charge in [-0.1, -0.05) is 43.2 Å².